The third-order valence-corrected chi connectivity index (χ3v) is 14.1. The van der Waals surface area contributed by atoms with Gasteiger partial charge in [-0.1, -0.05) is 90.0 Å². The van der Waals surface area contributed by atoms with Gasteiger partial charge in [0.1, 0.15) is 46.8 Å². The number of aromatic amines is 1. The number of ketones is 7. The van der Waals surface area contributed by atoms with Crippen LogP contribution in [0.5, 0.6) is 0 Å². The summed E-state index contributed by atoms with van der Waals surface area (Å²) in [5.74, 6) is 2.36. The minimum Gasteiger partial charge on any atom is -0.383 e. The molecule has 0 aliphatic carbocycles. The SMILES string of the molecule is CC(=O)CCCC(=O)C(C)C.CC(C)C(=O)CCCC(=O)NCCN(C)C.CC(C)C(=O)CCCC(=O)NCCN1CCN(C)CC1.CC(C)C(=O)CCCC(=O)Nc1ncn[nH]1.CCCNC(=O)CCCC(=O)C(C)C.COCCNC(=O)CCCC(=O)C(C)C. The van der Waals surface area contributed by atoms with E-state index in [0.717, 1.165) is 52.2 Å². The Morgan fingerprint density at radius 2 is 0.804 bits per heavy atom. The van der Waals surface area contributed by atoms with E-state index < -0.39 is 0 Å². The van der Waals surface area contributed by atoms with Crippen LogP contribution in [-0.4, -0.2) is 200 Å². The van der Waals surface area contributed by atoms with Crippen LogP contribution in [0.4, 0.5) is 5.95 Å². The first-order chi connectivity index (χ1) is 43.2. The normalized spacial score (nSPS) is 12.0. The lowest BCUT2D eigenvalue weighted by Gasteiger charge is -2.32. The Balaban J connectivity index is -0.000000509. The maximum Gasteiger partial charge on any atom is 0.226 e. The third-order valence-electron chi connectivity index (χ3n) is 14.1. The van der Waals surface area contributed by atoms with E-state index in [4.69, 9.17) is 4.74 Å². The standard InChI is InChI=1S/C15H29N3O2.C12H24N2O2.C11H21NO3.C11H21NO2.C10H16N4O2.C9H16O2/c1-13(2)14(19)5-4-6-15(20)16-7-8-18-11-9-17(3)10-12-18;1-10(2)11(15)6-5-7-12(16)13-8-9-14(3)4;1-9(2)10(13)5-4-6-11(14)12-7-8-15-3;1-4-8-12-11(14)7-5-6-10(13)9(2)3;1-7(2)8(15)4-3-5-9(16)13-10-11-6-12-14-10;1-7(2)9(11)6-4-5-8(3)10/h13H,4-12H2,1-3H3,(H,16,20);10H,5-9H2,1-4H3,(H,13,16);9H,4-8H2,1-3H3,(H,12,14);9H,4-8H2,1-3H3,(H,12,14);6-7H,3-5H2,1-2H3,(H2,11,12,13,14,16);7H,4-6H2,1-3H3. The van der Waals surface area contributed by atoms with Crippen molar-refractivity contribution in [1.29, 1.82) is 0 Å². The first-order valence-corrected chi connectivity index (χ1v) is 33.6. The van der Waals surface area contributed by atoms with Crippen LogP contribution in [0.1, 0.15) is 219 Å². The molecule has 2 rings (SSSR count). The number of amides is 5. The van der Waals surface area contributed by atoms with Crippen molar-refractivity contribution in [3.05, 3.63) is 6.33 Å². The summed E-state index contributed by atoms with van der Waals surface area (Å²) in [7, 11) is 7.66. The number of aromatic nitrogens is 3. The molecule has 92 heavy (non-hydrogen) atoms. The molecule has 0 aromatic carbocycles. The molecule has 0 bridgehead atoms. The van der Waals surface area contributed by atoms with Crippen LogP contribution in [0, 0.1) is 35.5 Å². The van der Waals surface area contributed by atoms with Crippen LogP contribution in [-0.2, 0) is 62.3 Å². The largest absolute Gasteiger partial charge is 0.383 e. The molecule has 0 atom stereocenters. The molecule has 1 aliphatic heterocycles. The molecular formula is C68H127N11O13. The number of ether oxygens (including phenoxy) is 1. The van der Waals surface area contributed by atoms with Crippen molar-refractivity contribution in [2.45, 2.75) is 219 Å². The number of methoxy groups -OCH3 is 1. The van der Waals surface area contributed by atoms with Gasteiger partial charge in [-0.25, -0.2) is 5.10 Å². The van der Waals surface area contributed by atoms with Gasteiger partial charge in [0, 0.05) is 185 Å². The average Bonchev–Trinajstić information content (AvgIpc) is 3.45. The Bertz CT molecular complexity index is 2190. The maximum absolute atomic E-state index is 11.6. The number of rotatable bonds is 42. The van der Waals surface area contributed by atoms with Crippen LogP contribution < -0.4 is 26.6 Å². The first-order valence-electron chi connectivity index (χ1n) is 33.6. The van der Waals surface area contributed by atoms with Gasteiger partial charge in [-0.2, -0.15) is 10.1 Å². The number of hydrogen-bond donors (Lipinski definition) is 6. The molecule has 532 valence electrons. The molecule has 5 amide bonds. The Hall–Kier alpha value is -5.98. The zero-order valence-electron chi connectivity index (χ0n) is 60.3. The number of hydrogen-bond acceptors (Lipinski definition) is 18. The van der Waals surface area contributed by atoms with Crippen LogP contribution in [0.2, 0.25) is 0 Å². The molecule has 1 aromatic rings. The Morgan fingerprint density at radius 3 is 1.11 bits per heavy atom. The highest BCUT2D eigenvalue weighted by Crippen LogP contribution is 2.09. The fraction of sp³-hybridized carbons (Fsp3) is 0.794. The molecule has 0 unspecified atom stereocenters. The van der Waals surface area contributed by atoms with E-state index in [-0.39, 0.29) is 106 Å². The van der Waals surface area contributed by atoms with Gasteiger partial charge >= 0.3 is 0 Å². The lowest BCUT2D eigenvalue weighted by atomic mass is 10.0. The van der Waals surface area contributed by atoms with E-state index in [0.29, 0.717) is 148 Å². The lowest BCUT2D eigenvalue weighted by Crippen LogP contribution is -2.46. The van der Waals surface area contributed by atoms with Gasteiger partial charge in [0.2, 0.25) is 35.5 Å². The fourth-order valence-corrected chi connectivity index (χ4v) is 7.57. The maximum atomic E-state index is 11.6. The number of carbonyl (C=O) groups excluding carboxylic acids is 12. The molecule has 1 aromatic heterocycles. The highest BCUT2D eigenvalue weighted by Gasteiger charge is 2.16. The Morgan fingerprint density at radius 1 is 0.478 bits per heavy atom. The van der Waals surface area contributed by atoms with Crippen molar-refractivity contribution >= 4 is 76.0 Å². The molecule has 0 radical (unpaired) electrons. The number of nitrogens with one attached hydrogen (secondary N) is 6. The number of carbonyl (C=O) groups is 12. The molecule has 1 fully saturated rings. The number of H-pyrrole nitrogens is 1. The molecule has 0 saturated carbocycles. The van der Waals surface area contributed by atoms with Gasteiger partial charge in [-0.3, -0.25) is 63.0 Å². The number of Topliss-reactive ketones (excluding diaryl/α,β-unsaturated/α-hetero) is 7. The molecular weight excluding hydrogens is 1180 g/mol. The van der Waals surface area contributed by atoms with Crippen LogP contribution in [0.3, 0.4) is 0 Å². The predicted octanol–water partition coefficient (Wildman–Crippen LogP) is 7.97. The van der Waals surface area contributed by atoms with E-state index in [1.165, 1.54) is 6.33 Å². The second-order valence-electron chi connectivity index (χ2n) is 25.3. The summed E-state index contributed by atoms with van der Waals surface area (Å²) in [5.41, 5.74) is 0. The molecule has 2 heterocycles. The first kappa shape index (κ1) is 92.4. The van der Waals surface area contributed by atoms with Crippen molar-refractivity contribution in [3.63, 3.8) is 0 Å². The highest BCUT2D eigenvalue weighted by molar-refractivity contribution is 5.89. The van der Waals surface area contributed by atoms with Crippen molar-refractivity contribution in [3.8, 4) is 0 Å². The highest BCUT2D eigenvalue weighted by atomic mass is 16.5. The molecule has 24 nitrogen and oxygen atoms in total. The smallest absolute Gasteiger partial charge is 0.226 e. The van der Waals surface area contributed by atoms with Crippen LogP contribution >= 0.6 is 0 Å². The van der Waals surface area contributed by atoms with Crippen molar-refractivity contribution < 1.29 is 62.3 Å². The number of likely N-dealkylation sites (N-methyl/N-ethyl adjacent to an activating group) is 2. The second kappa shape index (κ2) is 60.0. The van der Waals surface area contributed by atoms with Crippen molar-refractivity contribution in [2.24, 2.45) is 35.5 Å². The van der Waals surface area contributed by atoms with Crippen molar-refractivity contribution in [2.75, 3.05) is 106 Å². The quantitative estimate of drug-likeness (QED) is 0.0338. The van der Waals surface area contributed by atoms with Crippen LogP contribution in [0.15, 0.2) is 6.33 Å². The van der Waals surface area contributed by atoms with Gasteiger partial charge in [0.05, 0.1) is 6.61 Å². The van der Waals surface area contributed by atoms with Gasteiger partial charge in [-0.15, -0.1) is 0 Å². The van der Waals surface area contributed by atoms with Gasteiger partial charge < -0.3 is 40.6 Å². The fourth-order valence-electron chi connectivity index (χ4n) is 7.57. The van der Waals surface area contributed by atoms with Gasteiger partial charge in [0.15, 0.2) is 0 Å². The van der Waals surface area contributed by atoms with Gasteiger partial charge in [0.25, 0.3) is 0 Å². The summed E-state index contributed by atoms with van der Waals surface area (Å²) in [6.45, 7) is 35.5. The third kappa shape index (κ3) is 62.8. The molecule has 1 saturated heterocycles. The zero-order chi connectivity index (χ0) is 71.0. The summed E-state index contributed by atoms with van der Waals surface area (Å²) >= 11 is 0. The topological polar surface area (TPSA) is 326 Å². The van der Waals surface area contributed by atoms with Crippen molar-refractivity contribution in [1.82, 2.24) is 51.1 Å². The molecule has 0 spiro atoms. The molecule has 1 aliphatic rings. The monoisotopic (exact) mass is 1310 g/mol. The van der Waals surface area contributed by atoms with E-state index in [9.17, 15) is 57.5 Å². The summed E-state index contributed by atoms with van der Waals surface area (Å²) < 4.78 is 4.80. The summed E-state index contributed by atoms with van der Waals surface area (Å²) in [6.07, 6.45) is 11.9. The Kier molecular flexibility index (Phi) is 60.3. The number of nitrogens with zero attached hydrogens (tertiary/aromatic N) is 5. The average molecular weight is 1310 g/mol. The second-order valence-corrected chi connectivity index (χ2v) is 25.3. The predicted molar refractivity (Wildman–Crippen MR) is 365 cm³/mol. The van der Waals surface area contributed by atoms with Gasteiger partial charge in [-0.05, 0) is 73.0 Å². The van der Waals surface area contributed by atoms with E-state index in [1.54, 1.807) is 14.0 Å². The molecule has 24 heteroatoms. The van der Waals surface area contributed by atoms with Crippen LogP contribution in [0.25, 0.3) is 0 Å². The van der Waals surface area contributed by atoms with E-state index in [2.05, 4.69) is 58.6 Å². The Labute approximate surface area is 553 Å². The minimum atomic E-state index is -0.159. The summed E-state index contributed by atoms with van der Waals surface area (Å²) in [4.78, 5) is 145. The lowest BCUT2D eigenvalue weighted by molar-refractivity contribution is -0.124. The van der Waals surface area contributed by atoms with E-state index >= 15 is 0 Å². The summed E-state index contributed by atoms with van der Waals surface area (Å²) in [5, 5.41) is 19.9. The number of anilines is 1. The minimum absolute atomic E-state index is 0.0105. The number of piperazine rings is 1. The molecule has 6 N–H and O–H groups in total. The summed E-state index contributed by atoms with van der Waals surface area (Å²) in [6, 6.07) is 0. The zero-order valence-corrected chi connectivity index (χ0v) is 60.3. The van der Waals surface area contributed by atoms with E-state index in [1.807, 2.05) is 109 Å².